The molecular weight excluding hydrogens is 284 g/mol. The van der Waals surface area contributed by atoms with E-state index in [9.17, 15) is 18.0 Å². The first-order chi connectivity index (χ1) is 9.03. The number of hydrogen-bond acceptors (Lipinski definition) is 4. The van der Waals surface area contributed by atoms with Crippen molar-refractivity contribution in [2.45, 2.75) is 30.7 Å². The first-order valence-corrected chi connectivity index (χ1v) is 7.17. The van der Waals surface area contributed by atoms with Crippen molar-refractivity contribution in [3.63, 3.8) is 0 Å². The zero-order valence-electron chi connectivity index (χ0n) is 11.1. The fraction of sp³-hybridized carbons (Fsp3) is 0.333. The fourth-order valence-electron chi connectivity index (χ4n) is 1.69. The highest BCUT2D eigenvalue weighted by Crippen LogP contribution is 2.16. The number of nitrogens with one attached hydrogen (secondary N) is 1. The number of nitrogens with two attached hydrogens (primary N) is 1. The van der Waals surface area contributed by atoms with Gasteiger partial charge in [-0.3, -0.25) is 4.79 Å². The molecule has 0 heterocycles. The Morgan fingerprint density at radius 2 is 1.95 bits per heavy atom. The quantitative estimate of drug-likeness (QED) is 0.697. The lowest BCUT2D eigenvalue weighted by molar-refractivity contribution is -0.119. The van der Waals surface area contributed by atoms with Crippen molar-refractivity contribution in [2.24, 2.45) is 5.73 Å². The summed E-state index contributed by atoms with van der Waals surface area (Å²) in [6, 6.07) is 4.94. The Kier molecular flexibility index (Phi) is 4.51. The van der Waals surface area contributed by atoms with Gasteiger partial charge in [-0.2, -0.15) is 0 Å². The molecular formula is C12H16N2O5S. The van der Waals surface area contributed by atoms with Gasteiger partial charge in [0, 0.05) is 12.0 Å². The number of hydrogen-bond donors (Lipinski definition) is 3. The molecule has 0 aliphatic carbocycles. The molecule has 1 aromatic carbocycles. The highest BCUT2D eigenvalue weighted by Gasteiger charge is 2.28. The van der Waals surface area contributed by atoms with Crippen LogP contribution in [0, 0.1) is 0 Å². The molecule has 0 fully saturated rings. The summed E-state index contributed by atoms with van der Waals surface area (Å²) in [5, 5.41) is 8.85. The summed E-state index contributed by atoms with van der Waals surface area (Å²) in [5.74, 6) is -1.87. The van der Waals surface area contributed by atoms with Gasteiger partial charge in [0.15, 0.2) is 0 Å². The van der Waals surface area contributed by atoms with Gasteiger partial charge in [0.05, 0.1) is 10.5 Å². The van der Waals surface area contributed by atoms with E-state index in [1.807, 2.05) is 0 Å². The fourth-order valence-corrected chi connectivity index (χ4v) is 3.15. The van der Waals surface area contributed by atoms with Crippen molar-refractivity contribution in [1.29, 1.82) is 0 Å². The van der Waals surface area contributed by atoms with Gasteiger partial charge in [-0.1, -0.05) is 6.07 Å². The van der Waals surface area contributed by atoms with Gasteiger partial charge in [0.25, 0.3) is 0 Å². The molecule has 4 N–H and O–H groups in total. The van der Waals surface area contributed by atoms with E-state index in [1.54, 1.807) is 0 Å². The Labute approximate surface area is 116 Å². The normalized spacial score (nSPS) is 12.1. The van der Waals surface area contributed by atoms with Crippen LogP contribution in [0.25, 0.3) is 0 Å². The lowest BCUT2D eigenvalue weighted by Gasteiger charge is -2.24. The molecule has 0 aromatic heterocycles. The van der Waals surface area contributed by atoms with E-state index >= 15 is 0 Å². The molecule has 0 bridgehead atoms. The third-order valence-corrected chi connectivity index (χ3v) is 4.11. The highest BCUT2D eigenvalue weighted by molar-refractivity contribution is 7.89. The van der Waals surface area contributed by atoms with Gasteiger partial charge in [0.1, 0.15) is 0 Å². The molecule has 110 valence electrons. The number of rotatable bonds is 6. The Morgan fingerprint density at radius 3 is 2.45 bits per heavy atom. The van der Waals surface area contributed by atoms with Gasteiger partial charge in [-0.05, 0) is 32.0 Å². The number of carboxylic acid groups (broad SMARTS) is 1. The Bertz CT molecular complexity index is 637. The molecule has 20 heavy (non-hydrogen) atoms. The van der Waals surface area contributed by atoms with E-state index < -0.39 is 27.4 Å². The first-order valence-electron chi connectivity index (χ1n) is 5.69. The van der Waals surface area contributed by atoms with Crippen LogP contribution in [0.2, 0.25) is 0 Å². The number of carbonyl (C=O) groups is 2. The van der Waals surface area contributed by atoms with Crippen LogP contribution >= 0.6 is 0 Å². The predicted octanol–water partition coefficient (Wildman–Crippen LogP) is 0.317. The van der Waals surface area contributed by atoms with Crippen molar-refractivity contribution >= 4 is 21.9 Å². The second kappa shape index (κ2) is 5.59. The molecule has 0 saturated heterocycles. The minimum atomic E-state index is -3.94. The van der Waals surface area contributed by atoms with Crippen LogP contribution in [0.1, 0.15) is 30.6 Å². The molecule has 0 radical (unpaired) electrons. The molecule has 0 saturated carbocycles. The van der Waals surface area contributed by atoms with Crippen molar-refractivity contribution in [3.8, 4) is 0 Å². The largest absolute Gasteiger partial charge is 0.478 e. The van der Waals surface area contributed by atoms with Crippen LogP contribution in [-0.4, -0.2) is 30.9 Å². The number of benzene rings is 1. The van der Waals surface area contributed by atoms with Gasteiger partial charge in [-0.25, -0.2) is 17.9 Å². The standard InChI is InChI=1S/C12H16N2O5S/c1-12(2,7-10(13)15)14-20(18,19)9-5-3-4-8(6-9)11(16)17/h3-6,14H,7H2,1-2H3,(H2,13,15)(H,16,17). The van der Waals surface area contributed by atoms with E-state index in [0.717, 1.165) is 6.07 Å². The molecule has 1 aromatic rings. The Morgan fingerprint density at radius 1 is 1.35 bits per heavy atom. The second-order valence-electron chi connectivity index (χ2n) is 4.97. The van der Waals surface area contributed by atoms with Crippen LogP contribution in [-0.2, 0) is 14.8 Å². The number of sulfonamides is 1. The molecule has 1 rings (SSSR count). The van der Waals surface area contributed by atoms with E-state index in [4.69, 9.17) is 10.8 Å². The van der Waals surface area contributed by atoms with Gasteiger partial charge in [-0.15, -0.1) is 0 Å². The highest BCUT2D eigenvalue weighted by atomic mass is 32.2. The van der Waals surface area contributed by atoms with Gasteiger partial charge in [0.2, 0.25) is 15.9 Å². The minimum Gasteiger partial charge on any atom is -0.478 e. The average Bonchev–Trinajstić information content (AvgIpc) is 2.25. The maximum atomic E-state index is 12.1. The van der Waals surface area contributed by atoms with Crippen molar-refractivity contribution < 1.29 is 23.1 Å². The maximum absolute atomic E-state index is 12.1. The first kappa shape index (κ1) is 16.1. The lowest BCUT2D eigenvalue weighted by Crippen LogP contribution is -2.45. The van der Waals surface area contributed by atoms with Crippen LogP contribution in [0.5, 0.6) is 0 Å². The third-order valence-electron chi connectivity index (χ3n) is 2.42. The minimum absolute atomic E-state index is 0.138. The van der Waals surface area contributed by atoms with Crippen molar-refractivity contribution in [2.75, 3.05) is 0 Å². The average molecular weight is 300 g/mol. The topological polar surface area (TPSA) is 127 Å². The Balaban J connectivity index is 3.08. The summed E-state index contributed by atoms with van der Waals surface area (Å²) in [4.78, 5) is 21.5. The number of aromatic carboxylic acids is 1. The molecule has 1 amide bonds. The van der Waals surface area contributed by atoms with Crippen molar-refractivity contribution in [3.05, 3.63) is 29.8 Å². The van der Waals surface area contributed by atoms with E-state index in [0.29, 0.717) is 0 Å². The van der Waals surface area contributed by atoms with Crippen LogP contribution < -0.4 is 10.5 Å². The monoisotopic (exact) mass is 300 g/mol. The second-order valence-corrected chi connectivity index (χ2v) is 6.65. The summed E-state index contributed by atoms with van der Waals surface area (Å²) in [7, 11) is -3.94. The predicted molar refractivity (Wildman–Crippen MR) is 71.6 cm³/mol. The van der Waals surface area contributed by atoms with Crippen LogP contribution in [0.15, 0.2) is 29.2 Å². The lowest BCUT2D eigenvalue weighted by atomic mass is 10.0. The van der Waals surface area contributed by atoms with E-state index in [2.05, 4.69) is 4.72 Å². The zero-order chi connectivity index (χ0) is 15.6. The zero-order valence-corrected chi connectivity index (χ0v) is 11.9. The number of primary amides is 1. The molecule has 8 heteroatoms. The smallest absolute Gasteiger partial charge is 0.335 e. The van der Waals surface area contributed by atoms with Crippen LogP contribution in [0.4, 0.5) is 0 Å². The SMILES string of the molecule is CC(C)(CC(N)=O)NS(=O)(=O)c1cccc(C(=O)O)c1. The third kappa shape index (κ3) is 4.32. The molecule has 0 spiro atoms. The summed E-state index contributed by atoms with van der Waals surface area (Å²) < 4.78 is 26.6. The number of carboxylic acids is 1. The summed E-state index contributed by atoms with van der Waals surface area (Å²) in [5.41, 5.74) is 3.84. The molecule has 0 atom stereocenters. The summed E-state index contributed by atoms with van der Waals surface area (Å²) in [6.07, 6.45) is -0.176. The number of amides is 1. The molecule has 0 unspecified atom stereocenters. The van der Waals surface area contributed by atoms with E-state index in [1.165, 1.54) is 32.0 Å². The summed E-state index contributed by atoms with van der Waals surface area (Å²) in [6.45, 7) is 3.02. The molecule has 0 aliphatic heterocycles. The van der Waals surface area contributed by atoms with Crippen molar-refractivity contribution in [1.82, 2.24) is 4.72 Å². The number of carbonyl (C=O) groups excluding carboxylic acids is 1. The Hall–Kier alpha value is -1.93. The van der Waals surface area contributed by atoms with Gasteiger partial charge < -0.3 is 10.8 Å². The summed E-state index contributed by atoms with van der Waals surface area (Å²) >= 11 is 0. The molecule has 7 nitrogen and oxygen atoms in total. The van der Waals surface area contributed by atoms with E-state index in [-0.39, 0.29) is 16.9 Å². The van der Waals surface area contributed by atoms with Crippen LogP contribution in [0.3, 0.4) is 0 Å². The molecule has 0 aliphatic rings. The maximum Gasteiger partial charge on any atom is 0.335 e. The van der Waals surface area contributed by atoms with Gasteiger partial charge >= 0.3 is 5.97 Å².